The molecule has 5 heteroatoms. The van der Waals surface area contributed by atoms with Crippen LogP contribution < -0.4 is 10.1 Å². The lowest BCUT2D eigenvalue weighted by Crippen LogP contribution is -2.41. The number of hydrogen-bond donors (Lipinski definition) is 3. The van der Waals surface area contributed by atoms with Gasteiger partial charge in [-0.05, 0) is 87.0 Å². The lowest BCUT2D eigenvalue weighted by molar-refractivity contribution is -0.136. The van der Waals surface area contributed by atoms with Crippen molar-refractivity contribution in [3.63, 3.8) is 0 Å². The van der Waals surface area contributed by atoms with Gasteiger partial charge in [-0.15, -0.1) is 0 Å². The van der Waals surface area contributed by atoms with Gasteiger partial charge in [0.1, 0.15) is 5.75 Å². The molecule has 0 unspecified atom stereocenters. The lowest BCUT2D eigenvalue weighted by Gasteiger charge is -2.44. The molecule has 0 saturated heterocycles. The first kappa shape index (κ1) is 22.7. The van der Waals surface area contributed by atoms with Gasteiger partial charge in [0.15, 0.2) is 0 Å². The summed E-state index contributed by atoms with van der Waals surface area (Å²) in [6.07, 6.45) is 5.17. The number of hydrogen-bond acceptors (Lipinski definition) is 4. The van der Waals surface area contributed by atoms with Crippen molar-refractivity contribution < 1.29 is 19.7 Å². The zero-order valence-corrected chi connectivity index (χ0v) is 19.1. The molecule has 5 atom stereocenters. The van der Waals surface area contributed by atoms with E-state index in [4.69, 9.17) is 4.74 Å². The number of nitrogens with one attached hydrogen (secondary N) is 1. The number of carboxylic acids is 1. The predicted octanol–water partition coefficient (Wildman–Crippen LogP) is 5.16. The number of ether oxygens (including phenoxy) is 1. The number of benzene rings is 2. The second-order valence-electron chi connectivity index (χ2n) is 9.59. The molecule has 0 bridgehead atoms. The number of rotatable bonds is 8. The van der Waals surface area contributed by atoms with Gasteiger partial charge in [0.2, 0.25) is 0 Å². The van der Waals surface area contributed by atoms with E-state index < -0.39 is 5.97 Å². The molecule has 0 aromatic heterocycles. The van der Waals surface area contributed by atoms with Crippen LogP contribution in [0.5, 0.6) is 5.75 Å². The fourth-order valence-electron chi connectivity index (χ4n) is 5.60. The van der Waals surface area contributed by atoms with Crippen LogP contribution in [0.3, 0.4) is 0 Å². The van der Waals surface area contributed by atoms with Gasteiger partial charge < -0.3 is 20.3 Å². The number of aryl methyl sites for hydroxylation is 1. The minimum atomic E-state index is -0.841. The summed E-state index contributed by atoms with van der Waals surface area (Å²) in [7, 11) is 0. The third kappa shape index (κ3) is 5.26. The molecule has 3 N–H and O–H groups in total. The molecule has 2 aliphatic rings. The minimum Gasteiger partial charge on any atom is -0.491 e. The van der Waals surface area contributed by atoms with E-state index in [0.717, 1.165) is 54.7 Å². The zero-order chi connectivity index (χ0) is 22.7. The first-order valence-electron chi connectivity index (χ1n) is 11.9. The SMILES string of the molecule is C[C@H](CCCc1ccccc1)Oc1cc(CC(=O)O)c2c(c1)N[C@@H](C)[C@@H]1CC[C@@H](O)C[C@@H]21. The smallest absolute Gasteiger partial charge is 0.307 e. The molecule has 0 spiro atoms. The Morgan fingerprint density at radius 2 is 2.00 bits per heavy atom. The van der Waals surface area contributed by atoms with Gasteiger partial charge in [0.05, 0.1) is 18.6 Å². The van der Waals surface area contributed by atoms with Crippen LogP contribution in [0.25, 0.3) is 0 Å². The largest absolute Gasteiger partial charge is 0.491 e. The maximum absolute atomic E-state index is 11.6. The van der Waals surface area contributed by atoms with E-state index in [9.17, 15) is 15.0 Å². The van der Waals surface area contributed by atoms with Crippen LogP contribution in [0, 0.1) is 5.92 Å². The van der Waals surface area contributed by atoms with Crippen LogP contribution in [-0.4, -0.2) is 34.4 Å². The standard InChI is InChI=1S/C27H35NO4/c1-17(7-6-10-19-8-4-3-5-9-19)32-22-13-20(14-26(30)31)27-24-15-21(29)11-12-23(24)18(2)28-25(27)16-22/h3-5,8-9,13,16-18,21,23-24,28-29H,6-7,10-12,14-15H2,1-2H3,(H,30,31)/t17-,18+,21-,23+,24-/m1/s1. The van der Waals surface area contributed by atoms with Crippen molar-refractivity contribution in [1.29, 1.82) is 0 Å². The highest BCUT2D eigenvalue weighted by atomic mass is 16.5. The fraction of sp³-hybridized carbons (Fsp3) is 0.519. The van der Waals surface area contributed by atoms with Crippen molar-refractivity contribution in [1.82, 2.24) is 0 Å². The van der Waals surface area contributed by atoms with E-state index >= 15 is 0 Å². The van der Waals surface area contributed by atoms with Crippen LogP contribution in [-0.2, 0) is 17.6 Å². The van der Waals surface area contributed by atoms with Crippen molar-refractivity contribution >= 4 is 11.7 Å². The Morgan fingerprint density at radius 1 is 1.22 bits per heavy atom. The molecule has 2 aromatic carbocycles. The van der Waals surface area contributed by atoms with E-state index in [0.29, 0.717) is 12.3 Å². The van der Waals surface area contributed by atoms with Crippen LogP contribution >= 0.6 is 0 Å². The first-order valence-corrected chi connectivity index (χ1v) is 11.9. The summed E-state index contributed by atoms with van der Waals surface area (Å²) < 4.78 is 6.25. The summed E-state index contributed by atoms with van der Waals surface area (Å²) in [5, 5.41) is 23.5. The second kappa shape index (κ2) is 9.95. The van der Waals surface area contributed by atoms with Crippen LogP contribution in [0.1, 0.15) is 68.6 Å². The fourth-order valence-corrected chi connectivity index (χ4v) is 5.60. The summed E-state index contributed by atoms with van der Waals surface area (Å²) in [5.41, 5.74) is 4.18. The molecule has 1 heterocycles. The van der Waals surface area contributed by atoms with Crippen LogP contribution in [0.4, 0.5) is 5.69 Å². The van der Waals surface area contributed by atoms with Crippen molar-refractivity contribution in [3.05, 3.63) is 59.2 Å². The van der Waals surface area contributed by atoms with E-state index in [-0.39, 0.29) is 30.6 Å². The third-order valence-corrected chi connectivity index (χ3v) is 7.11. The van der Waals surface area contributed by atoms with Gasteiger partial charge >= 0.3 is 5.97 Å². The van der Waals surface area contributed by atoms with Gasteiger partial charge in [-0.2, -0.15) is 0 Å². The quantitative estimate of drug-likeness (QED) is 0.531. The van der Waals surface area contributed by atoms with Crippen molar-refractivity contribution in [3.8, 4) is 5.75 Å². The highest BCUT2D eigenvalue weighted by molar-refractivity contribution is 5.74. The Bertz CT molecular complexity index is 929. The number of aliphatic hydroxyl groups is 1. The molecule has 5 nitrogen and oxygen atoms in total. The van der Waals surface area contributed by atoms with Crippen molar-refractivity contribution in [2.45, 2.75) is 83.0 Å². The molecule has 4 rings (SSSR count). The summed E-state index contributed by atoms with van der Waals surface area (Å²) in [4.78, 5) is 11.6. The molecule has 1 saturated carbocycles. The summed E-state index contributed by atoms with van der Waals surface area (Å²) in [6, 6.07) is 14.7. The Labute approximate surface area is 190 Å². The monoisotopic (exact) mass is 437 g/mol. The number of aliphatic hydroxyl groups excluding tert-OH is 1. The number of fused-ring (bicyclic) bond motifs is 3. The molecular formula is C27H35NO4. The molecule has 0 radical (unpaired) electrons. The lowest BCUT2D eigenvalue weighted by atomic mass is 9.67. The maximum Gasteiger partial charge on any atom is 0.307 e. The van der Waals surface area contributed by atoms with Gasteiger partial charge in [0, 0.05) is 17.8 Å². The predicted molar refractivity (Wildman–Crippen MR) is 126 cm³/mol. The molecule has 0 amide bonds. The summed E-state index contributed by atoms with van der Waals surface area (Å²) in [6.45, 7) is 4.26. The number of aliphatic carboxylic acids is 1. The van der Waals surface area contributed by atoms with Gasteiger partial charge in [-0.25, -0.2) is 0 Å². The first-order chi connectivity index (χ1) is 15.4. The Kier molecular flexibility index (Phi) is 7.04. The molecule has 32 heavy (non-hydrogen) atoms. The normalized spacial score (nSPS) is 25.2. The van der Waals surface area contributed by atoms with E-state index in [2.05, 4.69) is 43.4 Å². The average Bonchev–Trinajstić information content (AvgIpc) is 2.73. The highest BCUT2D eigenvalue weighted by Gasteiger charge is 2.40. The van der Waals surface area contributed by atoms with Gasteiger partial charge in [-0.1, -0.05) is 30.3 Å². The number of anilines is 1. The molecule has 2 aromatic rings. The van der Waals surface area contributed by atoms with Crippen LogP contribution in [0.2, 0.25) is 0 Å². The Hall–Kier alpha value is -2.53. The molecule has 1 aliphatic heterocycles. The third-order valence-electron chi connectivity index (χ3n) is 7.11. The van der Waals surface area contributed by atoms with Gasteiger partial charge in [0.25, 0.3) is 0 Å². The van der Waals surface area contributed by atoms with Crippen molar-refractivity contribution in [2.75, 3.05) is 5.32 Å². The zero-order valence-electron chi connectivity index (χ0n) is 19.1. The molecule has 172 valence electrons. The summed E-state index contributed by atoms with van der Waals surface area (Å²) >= 11 is 0. The van der Waals surface area contributed by atoms with E-state index in [1.807, 2.05) is 18.2 Å². The highest BCUT2D eigenvalue weighted by Crippen LogP contribution is 2.49. The second-order valence-corrected chi connectivity index (χ2v) is 9.59. The van der Waals surface area contributed by atoms with Crippen molar-refractivity contribution in [2.24, 2.45) is 5.92 Å². The minimum absolute atomic E-state index is 0.0305. The molecule has 1 aliphatic carbocycles. The van der Waals surface area contributed by atoms with Gasteiger partial charge in [-0.3, -0.25) is 4.79 Å². The van der Waals surface area contributed by atoms with E-state index in [1.54, 1.807) is 0 Å². The summed E-state index contributed by atoms with van der Waals surface area (Å²) in [5.74, 6) is 0.493. The maximum atomic E-state index is 11.6. The Balaban J connectivity index is 1.51. The Morgan fingerprint density at radius 3 is 2.75 bits per heavy atom. The average molecular weight is 438 g/mol. The number of carboxylic acid groups (broad SMARTS) is 1. The van der Waals surface area contributed by atoms with Crippen LogP contribution in [0.15, 0.2) is 42.5 Å². The number of carbonyl (C=O) groups is 1. The van der Waals surface area contributed by atoms with E-state index in [1.165, 1.54) is 5.56 Å². The molecular weight excluding hydrogens is 402 g/mol. The molecule has 1 fully saturated rings. The topological polar surface area (TPSA) is 78.8 Å².